The van der Waals surface area contributed by atoms with E-state index in [9.17, 15) is 9.59 Å². The second kappa shape index (κ2) is 6.92. The molecule has 0 saturated heterocycles. The molecule has 0 radical (unpaired) electrons. The number of carbonyl (C=O) groups is 1. The molecular weight excluding hydrogens is 444 g/mol. The fraction of sp³-hybridized carbons (Fsp3) is 0.125. The number of rotatable bonds is 2. The Kier molecular flexibility index (Phi) is 4.33. The first-order valence-corrected chi connectivity index (χ1v) is 10.3. The van der Waals surface area contributed by atoms with Gasteiger partial charge in [-0.2, -0.15) is 0 Å². The molecule has 5 rings (SSSR count). The quantitative estimate of drug-likeness (QED) is 0.406. The van der Waals surface area contributed by atoms with Crippen LogP contribution in [0.3, 0.4) is 0 Å². The SMILES string of the molecule is Cc1ccnc(N2C(=O)c3oc4ccc(C)cc4c(=O)c3[C@H]2c2cccc(Br)c2)c1. The predicted octanol–water partition coefficient (Wildman–Crippen LogP) is 5.32. The maximum Gasteiger partial charge on any atom is 0.296 e. The molecule has 2 aromatic carbocycles. The van der Waals surface area contributed by atoms with E-state index in [1.807, 2.05) is 56.3 Å². The van der Waals surface area contributed by atoms with Gasteiger partial charge in [-0.25, -0.2) is 4.98 Å². The molecule has 5 nitrogen and oxygen atoms in total. The largest absolute Gasteiger partial charge is 0.450 e. The van der Waals surface area contributed by atoms with Gasteiger partial charge in [0.1, 0.15) is 11.4 Å². The second-order valence-electron chi connectivity index (χ2n) is 7.50. The van der Waals surface area contributed by atoms with Crippen LogP contribution in [0.25, 0.3) is 11.0 Å². The first-order valence-electron chi connectivity index (χ1n) is 9.53. The lowest BCUT2D eigenvalue weighted by molar-refractivity contribution is 0.0970. The number of nitrogens with zero attached hydrogens (tertiary/aromatic N) is 2. The van der Waals surface area contributed by atoms with E-state index in [4.69, 9.17) is 4.42 Å². The van der Waals surface area contributed by atoms with E-state index in [1.165, 1.54) is 0 Å². The molecule has 0 saturated carbocycles. The third-order valence-electron chi connectivity index (χ3n) is 5.34. The summed E-state index contributed by atoms with van der Waals surface area (Å²) in [7, 11) is 0. The maximum atomic E-state index is 13.6. The monoisotopic (exact) mass is 460 g/mol. The molecule has 1 amide bonds. The number of aromatic nitrogens is 1. The fourth-order valence-corrected chi connectivity index (χ4v) is 4.38. The van der Waals surface area contributed by atoms with Gasteiger partial charge in [0.2, 0.25) is 5.76 Å². The van der Waals surface area contributed by atoms with Crippen molar-refractivity contribution >= 4 is 38.6 Å². The van der Waals surface area contributed by atoms with Gasteiger partial charge in [0.15, 0.2) is 5.43 Å². The minimum Gasteiger partial charge on any atom is -0.450 e. The Labute approximate surface area is 181 Å². The Morgan fingerprint density at radius 1 is 1.00 bits per heavy atom. The van der Waals surface area contributed by atoms with E-state index >= 15 is 0 Å². The molecule has 3 heterocycles. The topological polar surface area (TPSA) is 63.4 Å². The van der Waals surface area contributed by atoms with Crippen molar-refractivity contribution < 1.29 is 9.21 Å². The molecule has 1 atom stereocenters. The highest BCUT2D eigenvalue weighted by Crippen LogP contribution is 2.41. The number of amides is 1. The maximum absolute atomic E-state index is 13.6. The normalized spacial score (nSPS) is 15.6. The highest BCUT2D eigenvalue weighted by atomic mass is 79.9. The minimum absolute atomic E-state index is 0.0737. The molecule has 0 spiro atoms. The van der Waals surface area contributed by atoms with Gasteiger partial charge in [-0.05, 0) is 61.4 Å². The van der Waals surface area contributed by atoms with Crippen molar-refractivity contribution in [2.45, 2.75) is 19.9 Å². The molecule has 6 heteroatoms. The van der Waals surface area contributed by atoms with Crippen LogP contribution in [0.15, 0.2) is 74.5 Å². The lowest BCUT2D eigenvalue weighted by atomic mass is 9.98. The summed E-state index contributed by atoms with van der Waals surface area (Å²) >= 11 is 3.50. The summed E-state index contributed by atoms with van der Waals surface area (Å²) in [5.74, 6) is 0.188. The predicted molar refractivity (Wildman–Crippen MR) is 119 cm³/mol. The second-order valence-corrected chi connectivity index (χ2v) is 8.41. The van der Waals surface area contributed by atoms with E-state index in [0.29, 0.717) is 22.4 Å². The summed E-state index contributed by atoms with van der Waals surface area (Å²) in [6, 6.07) is 16.1. The van der Waals surface area contributed by atoms with Crippen molar-refractivity contribution in [2.75, 3.05) is 4.90 Å². The van der Waals surface area contributed by atoms with E-state index < -0.39 is 6.04 Å². The third kappa shape index (κ3) is 2.87. The van der Waals surface area contributed by atoms with Crippen molar-refractivity contribution in [1.29, 1.82) is 0 Å². The van der Waals surface area contributed by atoms with Crippen LogP contribution in [0.2, 0.25) is 0 Å². The number of anilines is 1. The van der Waals surface area contributed by atoms with Crippen molar-refractivity contribution in [3.8, 4) is 0 Å². The highest BCUT2D eigenvalue weighted by Gasteiger charge is 2.44. The summed E-state index contributed by atoms with van der Waals surface area (Å²) in [6.07, 6.45) is 1.66. The zero-order valence-corrected chi connectivity index (χ0v) is 17.9. The molecule has 148 valence electrons. The number of benzene rings is 2. The first-order chi connectivity index (χ1) is 14.4. The molecule has 0 fully saturated rings. The first kappa shape index (κ1) is 18.8. The van der Waals surface area contributed by atoms with Crippen LogP contribution in [0.1, 0.15) is 38.9 Å². The van der Waals surface area contributed by atoms with Crippen molar-refractivity contribution in [2.24, 2.45) is 0 Å². The summed E-state index contributed by atoms with van der Waals surface area (Å²) < 4.78 is 6.85. The number of carbonyl (C=O) groups excluding carboxylic acids is 1. The molecular formula is C24H17BrN2O3. The third-order valence-corrected chi connectivity index (χ3v) is 5.83. The molecule has 1 aliphatic rings. The Bertz CT molecular complexity index is 1390. The van der Waals surface area contributed by atoms with E-state index in [1.54, 1.807) is 23.2 Å². The van der Waals surface area contributed by atoms with Crippen molar-refractivity contribution in [3.05, 3.63) is 104 Å². The number of fused-ring (bicyclic) bond motifs is 2. The summed E-state index contributed by atoms with van der Waals surface area (Å²) in [6.45, 7) is 3.86. The molecule has 0 bridgehead atoms. The Morgan fingerprint density at radius 3 is 2.57 bits per heavy atom. The van der Waals surface area contributed by atoms with E-state index in [0.717, 1.165) is 21.2 Å². The smallest absolute Gasteiger partial charge is 0.296 e. The van der Waals surface area contributed by atoms with Crippen LogP contribution in [-0.2, 0) is 0 Å². The zero-order valence-electron chi connectivity index (χ0n) is 16.3. The van der Waals surface area contributed by atoms with Gasteiger partial charge in [0.05, 0.1) is 17.0 Å². The fourth-order valence-electron chi connectivity index (χ4n) is 3.97. The Hall–Kier alpha value is -3.25. The van der Waals surface area contributed by atoms with Gasteiger partial charge in [-0.1, -0.05) is 39.7 Å². The van der Waals surface area contributed by atoms with Gasteiger partial charge < -0.3 is 4.42 Å². The highest BCUT2D eigenvalue weighted by molar-refractivity contribution is 9.10. The number of aryl methyl sites for hydroxylation is 2. The van der Waals surface area contributed by atoms with Crippen molar-refractivity contribution in [1.82, 2.24) is 4.98 Å². The Morgan fingerprint density at radius 2 is 1.80 bits per heavy atom. The molecule has 0 unspecified atom stereocenters. The average Bonchev–Trinajstić information content (AvgIpc) is 3.01. The van der Waals surface area contributed by atoms with Gasteiger partial charge >= 0.3 is 0 Å². The van der Waals surface area contributed by atoms with E-state index in [-0.39, 0.29) is 17.1 Å². The number of pyridine rings is 1. The van der Waals surface area contributed by atoms with Crippen LogP contribution in [0.4, 0.5) is 5.82 Å². The van der Waals surface area contributed by atoms with Crippen LogP contribution >= 0.6 is 15.9 Å². The summed E-state index contributed by atoms with van der Waals surface area (Å²) in [5, 5.41) is 0.473. The van der Waals surface area contributed by atoms with Gasteiger partial charge in [-0.3, -0.25) is 14.5 Å². The molecule has 30 heavy (non-hydrogen) atoms. The number of halogens is 1. The average molecular weight is 461 g/mol. The van der Waals surface area contributed by atoms with Crippen molar-refractivity contribution in [3.63, 3.8) is 0 Å². The molecule has 4 aromatic rings. The van der Waals surface area contributed by atoms with Crippen LogP contribution < -0.4 is 10.3 Å². The summed E-state index contributed by atoms with van der Waals surface area (Å²) in [4.78, 5) is 33.0. The Balaban J connectivity index is 1.84. The van der Waals surface area contributed by atoms with Crippen LogP contribution in [-0.4, -0.2) is 10.9 Å². The van der Waals surface area contributed by atoms with E-state index in [2.05, 4.69) is 20.9 Å². The molecule has 0 aliphatic carbocycles. The number of hydrogen-bond acceptors (Lipinski definition) is 4. The van der Waals surface area contributed by atoms with Crippen LogP contribution in [0, 0.1) is 13.8 Å². The standard InChI is InChI=1S/C24H17BrN2O3/c1-13-6-7-18-17(10-13)22(28)20-21(15-4-3-5-16(25)12-15)27(24(29)23(20)30-18)19-11-14(2)8-9-26-19/h3-12,21H,1-2H3/t21-/m1/s1. The molecule has 2 aromatic heterocycles. The van der Waals surface area contributed by atoms with Crippen LogP contribution in [0.5, 0.6) is 0 Å². The molecule has 1 aliphatic heterocycles. The lowest BCUT2D eigenvalue weighted by Gasteiger charge is -2.24. The summed E-state index contributed by atoms with van der Waals surface area (Å²) in [5.41, 5.74) is 3.29. The van der Waals surface area contributed by atoms with Gasteiger partial charge in [-0.15, -0.1) is 0 Å². The molecule has 0 N–H and O–H groups in total. The van der Waals surface area contributed by atoms with Gasteiger partial charge in [0.25, 0.3) is 5.91 Å². The van der Waals surface area contributed by atoms with Gasteiger partial charge in [0, 0.05) is 10.7 Å². The zero-order chi connectivity index (χ0) is 21.0. The minimum atomic E-state index is -0.625. The number of hydrogen-bond donors (Lipinski definition) is 0. The lowest BCUT2D eigenvalue weighted by Crippen LogP contribution is -2.30.